The third-order valence-corrected chi connectivity index (χ3v) is 4.23. The van der Waals surface area contributed by atoms with Crippen LogP contribution in [0.15, 0.2) is 24.7 Å². The van der Waals surface area contributed by atoms with Crippen LogP contribution in [-0.4, -0.2) is 24.4 Å². The van der Waals surface area contributed by atoms with E-state index in [1.807, 2.05) is 0 Å². The highest BCUT2D eigenvalue weighted by Crippen LogP contribution is 2.33. The summed E-state index contributed by atoms with van der Waals surface area (Å²) in [4.78, 5) is 0. The lowest BCUT2D eigenvalue weighted by molar-refractivity contribution is 0.265. The van der Waals surface area contributed by atoms with E-state index in [2.05, 4.69) is 27.0 Å². The van der Waals surface area contributed by atoms with Crippen molar-refractivity contribution in [1.82, 2.24) is 0 Å². The molecular formula is C18H30O3. The Labute approximate surface area is 129 Å². The summed E-state index contributed by atoms with van der Waals surface area (Å²) in [5.41, 5.74) is 0. The largest absolute Gasteiger partial charge is 0.467 e. The van der Waals surface area contributed by atoms with E-state index in [9.17, 15) is 0 Å². The molecule has 0 aromatic carbocycles. The number of epoxide rings is 2. The zero-order valence-corrected chi connectivity index (χ0v) is 13.6. The first kappa shape index (κ1) is 16.6. The van der Waals surface area contributed by atoms with Gasteiger partial charge in [0.25, 0.3) is 0 Å². The highest BCUT2D eigenvalue weighted by atomic mass is 16.6. The van der Waals surface area contributed by atoms with Gasteiger partial charge in [0.15, 0.2) is 0 Å². The lowest BCUT2D eigenvalue weighted by Gasteiger charge is -2.10. The van der Waals surface area contributed by atoms with Crippen LogP contribution in [0, 0.1) is 0 Å². The Hall–Kier alpha value is -0.800. The van der Waals surface area contributed by atoms with E-state index in [1.54, 1.807) is 0 Å². The molecule has 2 saturated heterocycles. The Morgan fingerprint density at radius 1 is 0.762 bits per heavy atom. The van der Waals surface area contributed by atoms with Crippen LogP contribution in [0.1, 0.15) is 65.2 Å². The van der Waals surface area contributed by atoms with Crippen molar-refractivity contribution in [1.29, 1.82) is 0 Å². The first-order chi connectivity index (χ1) is 10.1. The van der Waals surface area contributed by atoms with Gasteiger partial charge in [0.05, 0.1) is 35.9 Å². The molecule has 21 heavy (non-hydrogen) atoms. The molecule has 2 rings (SSSR count). The summed E-state index contributed by atoms with van der Waals surface area (Å²) in [5, 5.41) is 0. The number of hydrogen-bond acceptors (Lipinski definition) is 3. The summed E-state index contributed by atoms with van der Waals surface area (Å²) in [7, 11) is 0. The minimum atomic E-state index is 0.424. The quantitative estimate of drug-likeness (QED) is 0.385. The van der Waals surface area contributed by atoms with Crippen LogP contribution >= 0.6 is 0 Å². The fourth-order valence-corrected chi connectivity index (χ4v) is 2.86. The molecule has 0 radical (unpaired) electrons. The molecule has 0 amide bonds. The van der Waals surface area contributed by atoms with Gasteiger partial charge >= 0.3 is 0 Å². The molecular weight excluding hydrogens is 264 g/mol. The zero-order chi connectivity index (χ0) is 15.2. The van der Waals surface area contributed by atoms with Gasteiger partial charge in [-0.1, -0.05) is 39.8 Å². The van der Waals surface area contributed by atoms with Crippen LogP contribution in [0.4, 0.5) is 0 Å². The van der Waals surface area contributed by atoms with Crippen LogP contribution in [0.3, 0.4) is 0 Å². The lowest BCUT2D eigenvalue weighted by Crippen LogP contribution is -1.99. The predicted octanol–water partition coefficient (Wildman–Crippen LogP) is 4.73. The number of ether oxygens (including phenoxy) is 3. The minimum Gasteiger partial charge on any atom is -0.467 e. The smallest absolute Gasteiger partial charge is 0.0965 e. The first-order valence-electron chi connectivity index (χ1n) is 8.48. The van der Waals surface area contributed by atoms with Crippen molar-refractivity contribution in [2.45, 2.75) is 89.6 Å². The third-order valence-electron chi connectivity index (χ3n) is 4.23. The Morgan fingerprint density at radius 3 is 1.52 bits per heavy atom. The molecule has 0 aromatic heterocycles. The summed E-state index contributed by atoms with van der Waals surface area (Å²) >= 11 is 0. The fourth-order valence-electron chi connectivity index (χ4n) is 2.86. The van der Waals surface area contributed by atoms with Crippen molar-refractivity contribution < 1.29 is 14.2 Å². The van der Waals surface area contributed by atoms with E-state index in [1.165, 1.54) is 25.7 Å². The number of allylic oxidation sites excluding steroid dienone is 2. The molecule has 2 fully saturated rings. The van der Waals surface area contributed by atoms with Crippen molar-refractivity contribution in [3.63, 3.8) is 0 Å². The Balaban J connectivity index is 1.49. The fraction of sp³-hybridized carbons (Fsp3) is 0.778. The van der Waals surface area contributed by atoms with Crippen LogP contribution < -0.4 is 0 Å². The Morgan fingerprint density at radius 2 is 1.14 bits per heavy atom. The number of rotatable bonds is 12. The summed E-state index contributed by atoms with van der Waals surface area (Å²) in [6.07, 6.45) is 10.3. The Bertz CT molecular complexity index is 329. The summed E-state index contributed by atoms with van der Waals surface area (Å²) in [5.74, 6) is 1.63. The van der Waals surface area contributed by atoms with E-state index in [-0.39, 0.29) is 0 Å². The van der Waals surface area contributed by atoms with Crippen molar-refractivity contribution in [2.75, 3.05) is 0 Å². The van der Waals surface area contributed by atoms with Crippen LogP contribution in [0.5, 0.6) is 0 Å². The summed E-state index contributed by atoms with van der Waals surface area (Å²) in [6, 6.07) is 0. The Kier molecular flexibility index (Phi) is 6.31. The van der Waals surface area contributed by atoms with Gasteiger partial charge in [0.1, 0.15) is 0 Å². The molecule has 3 heteroatoms. The van der Waals surface area contributed by atoms with Gasteiger partial charge in [-0.3, -0.25) is 0 Å². The normalized spacial score (nSPS) is 30.0. The van der Waals surface area contributed by atoms with Gasteiger partial charge in [-0.05, 0) is 25.7 Å². The van der Waals surface area contributed by atoms with Crippen LogP contribution in [0.25, 0.3) is 0 Å². The van der Waals surface area contributed by atoms with Gasteiger partial charge < -0.3 is 14.2 Å². The van der Waals surface area contributed by atoms with E-state index in [4.69, 9.17) is 14.2 Å². The number of hydrogen-bond donors (Lipinski definition) is 0. The minimum absolute atomic E-state index is 0.424. The molecule has 0 N–H and O–H groups in total. The predicted molar refractivity (Wildman–Crippen MR) is 85.0 cm³/mol. The highest BCUT2D eigenvalue weighted by Gasteiger charge is 2.38. The van der Waals surface area contributed by atoms with E-state index in [0.29, 0.717) is 24.4 Å². The van der Waals surface area contributed by atoms with Crippen molar-refractivity contribution >= 4 is 0 Å². The molecule has 3 nitrogen and oxygen atoms in total. The van der Waals surface area contributed by atoms with Crippen LogP contribution in [0.2, 0.25) is 0 Å². The second-order valence-corrected chi connectivity index (χ2v) is 6.26. The maximum absolute atomic E-state index is 5.70. The van der Waals surface area contributed by atoms with E-state index >= 15 is 0 Å². The molecule has 2 heterocycles. The molecule has 2 aliphatic rings. The van der Waals surface area contributed by atoms with Crippen molar-refractivity contribution in [3.8, 4) is 0 Å². The second kappa shape index (κ2) is 8.00. The maximum Gasteiger partial charge on any atom is 0.0965 e. The van der Waals surface area contributed by atoms with E-state index in [0.717, 1.165) is 37.2 Å². The topological polar surface area (TPSA) is 34.3 Å². The molecule has 0 bridgehead atoms. The molecule has 0 saturated carbocycles. The van der Waals surface area contributed by atoms with Gasteiger partial charge in [0.2, 0.25) is 0 Å². The third kappa shape index (κ3) is 5.84. The van der Waals surface area contributed by atoms with Gasteiger partial charge in [-0.15, -0.1) is 0 Å². The van der Waals surface area contributed by atoms with Crippen molar-refractivity contribution in [3.05, 3.63) is 24.7 Å². The van der Waals surface area contributed by atoms with Crippen LogP contribution in [-0.2, 0) is 14.2 Å². The second-order valence-electron chi connectivity index (χ2n) is 6.26. The lowest BCUT2D eigenvalue weighted by atomic mass is 10.1. The van der Waals surface area contributed by atoms with Gasteiger partial charge in [-0.2, -0.15) is 0 Å². The maximum atomic E-state index is 5.70. The van der Waals surface area contributed by atoms with Gasteiger partial charge in [0, 0.05) is 12.8 Å². The molecule has 0 aromatic rings. The first-order valence-corrected chi connectivity index (χ1v) is 8.48. The monoisotopic (exact) mass is 294 g/mol. The van der Waals surface area contributed by atoms with Gasteiger partial charge in [-0.25, -0.2) is 0 Å². The zero-order valence-electron chi connectivity index (χ0n) is 13.6. The average Bonchev–Trinajstić information content (AvgIpc) is 3.33. The van der Waals surface area contributed by atoms with Crippen molar-refractivity contribution in [2.24, 2.45) is 0 Å². The molecule has 4 atom stereocenters. The summed E-state index contributed by atoms with van der Waals surface area (Å²) < 4.78 is 16.9. The standard InChI is InChI=1S/C18H30O3/c1-5-7-15-17(20-15)11-9-13(3)19-14(4)10-12-18-16(21-18)8-6-2/h15-18H,3-12H2,1-2H3. The summed E-state index contributed by atoms with van der Waals surface area (Å²) in [6.45, 7) is 12.4. The molecule has 0 spiro atoms. The highest BCUT2D eigenvalue weighted by molar-refractivity contribution is 4.97. The molecule has 120 valence electrons. The molecule has 0 aliphatic carbocycles. The van der Waals surface area contributed by atoms with E-state index < -0.39 is 0 Å². The SMILES string of the molecule is C=C(CCC1OC1CCC)OC(=C)CCC1OC1CCC. The average molecular weight is 294 g/mol. The molecule has 2 aliphatic heterocycles. The molecule has 4 unspecified atom stereocenters.